The van der Waals surface area contributed by atoms with Crippen LogP contribution in [0, 0.1) is 5.92 Å². The Labute approximate surface area is 162 Å². The quantitative estimate of drug-likeness (QED) is 0.864. The fraction of sp³-hybridized carbons (Fsp3) is 0.682. The number of aryl methyl sites for hydroxylation is 2. The van der Waals surface area contributed by atoms with Crippen molar-refractivity contribution in [3.8, 4) is 0 Å². The Morgan fingerprint density at radius 2 is 1.85 bits per heavy atom. The second-order valence-electron chi connectivity index (χ2n) is 8.25. The smallest absolute Gasteiger partial charge is 0.234 e. The van der Waals surface area contributed by atoms with Crippen molar-refractivity contribution in [1.82, 2.24) is 10.2 Å². The van der Waals surface area contributed by atoms with E-state index in [1.54, 1.807) is 0 Å². The van der Waals surface area contributed by atoms with E-state index < -0.39 is 0 Å². The molecule has 1 aliphatic carbocycles. The maximum Gasteiger partial charge on any atom is 0.234 e. The van der Waals surface area contributed by atoms with Gasteiger partial charge in [-0.15, -0.1) is 0 Å². The lowest BCUT2D eigenvalue weighted by molar-refractivity contribution is -0.124. The molecule has 4 rings (SSSR count). The summed E-state index contributed by atoms with van der Waals surface area (Å²) in [6.07, 6.45) is 7.01. The number of carbonyl (C=O) groups is 1. The SMILES string of the molecule is CC(NC(=O)CN1CCC(C2OCCO2)CC1)c1ccc2c(c1)CCCC2. The predicted molar refractivity (Wildman–Crippen MR) is 104 cm³/mol. The van der Waals surface area contributed by atoms with Crippen molar-refractivity contribution in [1.29, 1.82) is 0 Å². The molecule has 0 saturated carbocycles. The highest BCUT2D eigenvalue weighted by molar-refractivity contribution is 5.78. The minimum absolute atomic E-state index is 0.0231. The summed E-state index contributed by atoms with van der Waals surface area (Å²) in [4.78, 5) is 14.8. The van der Waals surface area contributed by atoms with Gasteiger partial charge < -0.3 is 14.8 Å². The average Bonchev–Trinajstić information content (AvgIpc) is 3.23. The molecule has 2 fully saturated rings. The lowest BCUT2D eigenvalue weighted by Crippen LogP contribution is -2.43. The van der Waals surface area contributed by atoms with Crippen molar-refractivity contribution >= 4 is 5.91 Å². The topological polar surface area (TPSA) is 50.8 Å². The van der Waals surface area contributed by atoms with Crippen molar-refractivity contribution in [2.75, 3.05) is 32.8 Å². The molecular formula is C22H32N2O3. The molecular weight excluding hydrogens is 340 g/mol. The summed E-state index contributed by atoms with van der Waals surface area (Å²) in [5.74, 6) is 0.591. The molecule has 2 heterocycles. The summed E-state index contributed by atoms with van der Waals surface area (Å²) >= 11 is 0. The molecule has 1 aromatic rings. The van der Waals surface area contributed by atoms with Crippen LogP contribution in [0.25, 0.3) is 0 Å². The summed E-state index contributed by atoms with van der Waals surface area (Å²) in [6, 6.07) is 6.79. The van der Waals surface area contributed by atoms with E-state index in [2.05, 4.69) is 35.3 Å². The molecule has 0 radical (unpaired) electrons. The van der Waals surface area contributed by atoms with E-state index >= 15 is 0 Å². The van der Waals surface area contributed by atoms with Crippen molar-refractivity contribution in [2.24, 2.45) is 5.92 Å². The first-order valence-electron chi connectivity index (χ1n) is 10.6. The molecule has 5 heteroatoms. The number of rotatable bonds is 5. The fourth-order valence-electron chi connectivity index (χ4n) is 4.63. The Kier molecular flexibility index (Phi) is 6.11. The van der Waals surface area contributed by atoms with Gasteiger partial charge in [0.1, 0.15) is 0 Å². The molecule has 0 spiro atoms. The zero-order valence-electron chi connectivity index (χ0n) is 16.4. The molecule has 1 unspecified atom stereocenters. The summed E-state index contributed by atoms with van der Waals surface area (Å²) in [5.41, 5.74) is 4.18. The number of nitrogens with zero attached hydrogens (tertiary/aromatic N) is 1. The summed E-state index contributed by atoms with van der Waals surface area (Å²) in [7, 11) is 0. The Morgan fingerprint density at radius 3 is 2.59 bits per heavy atom. The minimum atomic E-state index is -0.0231. The molecule has 2 saturated heterocycles. The number of hydrogen-bond acceptors (Lipinski definition) is 4. The maximum absolute atomic E-state index is 12.5. The van der Waals surface area contributed by atoms with Gasteiger partial charge in [-0.2, -0.15) is 0 Å². The van der Waals surface area contributed by atoms with Gasteiger partial charge in [0.15, 0.2) is 6.29 Å². The number of carbonyl (C=O) groups excluding carboxylic acids is 1. The van der Waals surface area contributed by atoms with E-state index in [0.29, 0.717) is 25.7 Å². The first-order valence-corrected chi connectivity index (χ1v) is 10.6. The van der Waals surface area contributed by atoms with Crippen LogP contribution in [0.2, 0.25) is 0 Å². The van der Waals surface area contributed by atoms with Crippen LogP contribution in [-0.4, -0.2) is 49.9 Å². The Morgan fingerprint density at radius 1 is 1.15 bits per heavy atom. The first kappa shape index (κ1) is 18.9. The van der Waals surface area contributed by atoms with E-state index in [0.717, 1.165) is 25.9 Å². The second-order valence-corrected chi connectivity index (χ2v) is 8.25. The van der Waals surface area contributed by atoms with Gasteiger partial charge in [0.25, 0.3) is 0 Å². The molecule has 0 bridgehead atoms. The average molecular weight is 373 g/mol. The number of benzene rings is 1. The largest absolute Gasteiger partial charge is 0.350 e. The van der Waals surface area contributed by atoms with Gasteiger partial charge in [-0.1, -0.05) is 18.2 Å². The number of fused-ring (bicyclic) bond motifs is 1. The molecule has 3 aliphatic rings. The fourth-order valence-corrected chi connectivity index (χ4v) is 4.63. The third kappa shape index (κ3) is 4.71. The van der Waals surface area contributed by atoms with Crippen LogP contribution in [0.15, 0.2) is 18.2 Å². The third-order valence-electron chi connectivity index (χ3n) is 6.28. The van der Waals surface area contributed by atoms with E-state index in [1.165, 1.54) is 42.4 Å². The van der Waals surface area contributed by atoms with Crippen LogP contribution in [0.5, 0.6) is 0 Å². The summed E-state index contributed by atoms with van der Waals surface area (Å²) in [6.45, 7) is 5.88. The van der Waals surface area contributed by atoms with Crippen LogP contribution in [0.4, 0.5) is 0 Å². The van der Waals surface area contributed by atoms with Crippen molar-refractivity contribution < 1.29 is 14.3 Å². The standard InChI is InChI=1S/C22H32N2O3/c1-16(19-7-6-17-4-2-3-5-20(17)14-19)23-21(25)15-24-10-8-18(9-11-24)22-26-12-13-27-22/h6-7,14,16,18,22H,2-5,8-13,15H2,1H3,(H,23,25). The lowest BCUT2D eigenvalue weighted by atomic mass is 9.89. The van der Waals surface area contributed by atoms with Gasteiger partial charge in [-0.3, -0.25) is 9.69 Å². The van der Waals surface area contributed by atoms with E-state index in [1.807, 2.05) is 0 Å². The number of amides is 1. The van der Waals surface area contributed by atoms with Gasteiger partial charge in [-0.05, 0) is 75.2 Å². The van der Waals surface area contributed by atoms with Crippen molar-refractivity contribution in [3.05, 3.63) is 34.9 Å². The number of hydrogen-bond donors (Lipinski definition) is 1. The predicted octanol–water partition coefficient (Wildman–Crippen LogP) is 2.83. The molecule has 5 nitrogen and oxygen atoms in total. The number of likely N-dealkylation sites (tertiary alicyclic amines) is 1. The number of nitrogens with one attached hydrogen (secondary N) is 1. The molecule has 0 aromatic heterocycles. The van der Waals surface area contributed by atoms with Gasteiger partial charge in [-0.25, -0.2) is 0 Å². The van der Waals surface area contributed by atoms with Crippen molar-refractivity contribution in [2.45, 2.75) is 57.8 Å². The molecule has 1 N–H and O–H groups in total. The van der Waals surface area contributed by atoms with Crippen molar-refractivity contribution in [3.63, 3.8) is 0 Å². The Bertz CT molecular complexity index is 649. The van der Waals surface area contributed by atoms with Crippen LogP contribution >= 0.6 is 0 Å². The summed E-state index contributed by atoms with van der Waals surface area (Å²) in [5, 5.41) is 3.19. The van der Waals surface area contributed by atoms with Gasteiger partial charge in [0.2, 0.25) is 5.91 Å². The van der Waals surface area contributed by atoms with E-state index in [4.69, 9.17) is 9.47 Å². The third-order valence-corrected chi connectivity index (χ3v) is 6.28. The molecule has 2 aliphatic heterocycles. The maximum atomic E-state index is 12.5. The summed E-state index contributed by atoms with van der Waals surface area (Å²) < 4.78 is 11.3. The van der Waals surface area contributed by atoms with Gasteiger partial charge >= 0.3 is 0 Å². The van der Waals surface area contributed by atoms with Gasteiger partial charge in [0, 0.05) is 5.92 Å². The lowest BCUT2D eigenvalue weighted by Gasteiger charge is -2.33. The zero-order valence-corrected chi connectivity index (χ0v) is 16.4. The number of piperidine rings is 1. The molecule has 148 valence electrons. The highest BCUT2D eigenvalue weighted by Gasteiger charge is 2.30. The van der Waals surface area contributed by atoms with Crippen LogP contribution in [0.1, 0.15) is 55.3 Å². The second kappa shape index (κ2) is 8.72. The van der Waals surface area contributed by atoms with Crippen LogP contribution in [-0.2, 0) is 27.1 Å². The normalized spacial score (nSPS) is 23.1. The van der Waals surface area contributed by atoms with Gasteiger partial charge in [0.05, 0.1) is 25.8 Å². The molecule has 1 amide bonds. The van der Waals surface area contributed by atoms with Crippen LogP contribution < -0.4 is 5.32 Å². The highest BCUT2D eigenvalue weighted by Crippen LogP contribution is 2.26. The number of ether oxygens (including phenoxy) is 2. The first-order chi connectivity index (χ1) is 13.2. The van der Waals surface area contributed by atoms with E-state index in [9.17, 15) is 4.79 Å². The minimum Gasteiger partial charge on any atom is -0.350 e. The monoisotopic (exact) mass is 372 g/mol. The molecule has 1 aromatic carbocycles. The molecule has 27 heavy (non-hydrogen) atoms. The van der Waals surface area contributed by atoms with E-state index in [-0.39, 0.29) is 18.2 Å². The van der Waals surface area contributed by atoms with Crippen LogP contribution in [0.3, 0.4) is 0 Å². The Hall–Kier alpha value is -1.43. The Balaban J connectivity index is 1.24. The molecule has 1 atom stereocenters. The zero-order chi connectivity index (χ0) is 18.6. The highest BCUT2D eigenvalue weighted by atomic mass is 16.7.